The molecule has 84 valence electrons. The Morgan fingerprint density at radius 2 is 2.12 bits per heavy atom. The van der Waals surface area contributed by atoms with Crippen LogP contribution in [0.2, 0.25) is 5.02 Å². The van der Waals surface area contributed by atoms with Crippen LogP contribution >= 0.6 is 11.6 Å². The number of pyridine rings is 1. The second-order valence-corrected chi connectivity index (χ2v) is 4.04. The van der Waals surface area contributed by atoms with Crippen LogP contribution in [0.4, 0.5) is 11.5 Å². The Labute approximate surface area is 105 Å². The number of nitriles is 1. The molecule has 0 aliphatic rings. The van der Waals surface area contributed by atoms with Gasteiger partial charge in [-0.05, 0) is 42.8 Å². The number of aromatic nitrogens is 1. The summed E-state index contributed by atoms with van der Waals surface area (Å²) in [7, 11) is 0. The van der Waals surface area contributed by atoms with E-state index in [1.54, 1.807) is 12.1 Å². The lowest BCUT2D eigenvalue weighted by molar-refractivity contribution is 1.25. The summed E-state index contributed by atoms with van der Waals surface area (Å²) >= 11 is 5.88. The first kappa shape index (κ1) is 11.4. The first-order valence-electron chi connectivity index (χ1n) is 5.09. The van der Waals surface area contributed by atoms with E-state index in [2.05, 4.69) is 10.3 Å². The molecule has 0 unspecified atom stereocenters. The maximum Gasteiger partial charge on any atom is 0.142 e. The van der Waals surface area contributed by atoms with Gasteiger partial charge in [-0.3, -0.25) is 0 Å². The average Bonchev–Trinajstić information content (AvgIpc) is 2.33. The molecule has 2 aromatic rings. The molecule has 1 N–H and O–H groups in total. The van der Waals surface area contributed by atoms with Crippen molar-refractivity contribution in [2.75, 3.05) is 5.32 Å². The Bertz CT molecular complexity index is 587. The summed E-state index contributed by atoms with van der Waals surface area (Å²) in [5.74, 6) is 0.648. The molecule has 0 atom stereocenters. The molecule has 0 bridgehead atoms. The Balaban J connectivity index is 2.28. The lowest BCUT2D eigenvalue weighted by Crippen LogP contribution is -1.96. The van der Waals surface area contributed by atoms with Crippen LogP contribution in [0.1, 0.15) is 11.3 Å². The molecular formula is C13H10ClN3. The summed E-state index contributed by atoms with van der Waals surface area (Å²) in [4.78, 5) is 4.14. The summed E-state index contributed by atoms with van der Waals surface area (Å²) in [6.45, 7) is 1.96. The monoisotopic (exact) mass is 243 g/mol. The number of nitrogens with one attached hydrogen (secondary N) is 1. The zero-order valence-corrected chi connectivity index (χ0v) is 9.99. The van der Waals surface area contributed by atoms with Gasteiger partial charge in [0.25, 0.3) is 0 Å². The highest BCUT2D eigenvalue weighted by molar-refractivity contribution is 6.30. The number of benzene rings is 1. The van der Waals surface area contributed by atoms with Crippen molar-refractivity contribution < 1.29 is 0 Å². The van der Waals surface area contributed by atoms with Gasteiger partial charge in [0.05, 0.1) is 0 Å². The van der Waals surface area contributed by atoms with Crippen LogP contribution < -0.4 is 5.32 Å². The molecule has 0 aliphatic heterocycles. The van der Waals surface area contributed by atoms with Crippen LogP contribution in [0, 0.1) is 18.3 Å². The summed E-state index contributed by atoms with van der Waals surface area (Å²) in [5, 5.41) is 12.6. The highest BCUT2D eigenvalue weighted by atomic mass is 35.5. The Hall–Kier alpha value is -2.05. The van der Waals surface area contributed by atoms with Crippen LogP contribution in [-0.2, 0) is 0 Å². The molecule has 2 rings (SSSR count). The molecule has 0 amide bonds. The Kier molecular flexibility index (Phi) is 3.27. The maximum atomic E-state index is 8.76. The predicted molar refractivity (Wildman–Crippen MR) is 68.4 cm³/mol. The number of hydrogen-bond donors (Lipinski definition) is 1. The molecule has 1 heterocycles. The van der Waals surface area contributed by atoms with Crippen molar-refractivity contribution in [3.63, 3.8) is 0 Å². The minimum absolute atomic E-state index is 0.390. The third-order valence-corrected chi connectivity index (χ3v) is 2.55. The largest absolute Gasteiger partial charge is 0.340 e. The van der Waals surface area contributed by atoms with Crippen molar-refractivity contribution in [2.45, 2.75) is 6.92 Å². The molecule has 17 heavy (non-hydrogen) atoms. The average molecular weight is 244 g/mol. The van der Waals surface area contributed by atoms with Gasteiger partial charge in [0.15, 0.2) is 0 Å². The van der Waals surface area contributed by atoms with Crippen LogP contribution in [0.5, 0.6) is 0 Å². The van der Waals surface area contributed by atoms with E-state index in [-0.39, 0.29) is 0 Å². The smallest absolute Gasteiger partial charge is 0.142 e. The van der Waals surface area contributed by atoms with Gasteiger partial charge in [0.1, 0.15) is 17.6 Å². The number of hydrogen-bond acceptors (Lipinski definition) is 3. The van der Waals surface area contributed by atoms with Crippen molar-refractivity contribution >= 4 is 23.1 Å². The molecule has 1 aromatic heterocycles. The second-order valence-electron chi connectivity index (χ2n) is 3.60. The highest BCUT2D eigenvalue weighted by Crippen LogP contribution is 2.22. The number of anilines is 2. The van der Waals surface area contributed by atoms with Crippen LogP contribution in [-0.4, -0.2) is 4.98 Å². The first-order valence-corrected chi connectivity index (χ1v) is 5.47. The van der Waals surface area contributed by atoms with Crippen molar-refractivity contribution in [1.82, 2.24) is 4.98 Å². The van der Waals surface area contributed by atoms with Gasteiger partial charge in [-0.15, -0.1) is 0 Å². The molecule has 0 aliphatic carbocycles. The molecule has 4 heteroatoms. The molecule has 3 nitrogen and oxygen atoms in total. The third kappa shape index (κ3) is 2.74. The predicted octanol–water partition coefficient (Wildman–Crippen LogP) is 3.66. The standard InChI is InChI=1S/C13H10ClN3/c1-9-7-10(14)5-6-12(9)17-13-4-2-3-11(8-15)16-13/h2-7H,1H3,(H,16,17). The van der Waals surface area contributed by atoms with E-state index in [4.69, 9.17) is 16.9 Å². The lowest BCUT2D eigenvalue weighted by Gasteiger charge is -2.08. The molecule has 0 fully saturated rings. The topological polar surface area (TPSA) is 48.7 Å². The van der Waals surface area contributed by atoms with E-state index in [0.717, 1.165) is 11.3 Å². The van der Waals surface area contributed by atoms with Crippen molar-refractivity contribution in [2.24, 2.45) is 0 Å². The van der Waals surface area contributed by atoms with E-state index in [9.17, 15) is 0 Å². The third-order valence-electron chi connectivity index (χ3n) is 2.31. The SMILES string of the molecule is Cc1cc(Cl)ccc1Nc1cccc(C#N)n1. The van der Waals surface area contributed by atoms with Gasteiger partial charge < -0.3 is 5.32 Å². The molecule has 0 saturated heterocycles. The Morgan fingerprint density at radius 3 is 2.82 bits per heavy atom. The first-order chi connectivity index (χ1) is 8.19. The highest BCUT2D eigenvalue weighted by Gasteiger charge is 2.01. The van der Waals surface area contributed by atoms with Gasteiger partial charge in [-0.2, -0.15) is 5.26 Å². The van der Waals surface area contributed by atoms with E-state index >= 15 is 0 Å². The van der Waals surface area contributed by atoms with E-state index in [0.29, 0.717) is 16.5 Å². The van der Waals surface area contributed by atoms with Gasteiger partial charge in [0.2, 0.25) is 0 Å². The molecule has 0 saturated carbocycles. The van der Waals surface area contributed by atoms with Crippen LogP contribution in [0.3, 0.4) is 0 Å². The number of halogens is 1. The lowest BCUT2D eigenvalue weighted by atomic mass is 10.2. The molecule has 1 aromatic carbocycles. The fraction of sp³-hybridized carbons (Fsp3) is 0.0769. The van der Waals surface area contributed by atoms with Crippen molar-refractivity contribution in [3.8, 4) is 6.07 Å². The minimum Gasteiger partial charge on any atom is -0.340 e. The zero-order valence-electron chi connectivity index (χ0n) is 9.24. The number of aryl methyl sites for hydroxylation is 1. The second kappa shape index (κ2) is 4.86. The summed E-state index contributed by atoms with van der Waals surface area (Å²) in [6, 6.07) is 12.8. The van der Waals surface area contributed by atoms with Crippen LogP contribution in [0.15, 0.2) is 36.4 Å². The quantitative estimate of drug-likeness (QED) is 0.876. The van der Waals surface area contributed by atoms with Gasteiger partial charge in [0, 0.05) is 10.7 Å². The fourth-order valence-electron chi connectivity index (χ4n) is 1.47. The van der Waals surface area contributed by atoms with Gasteiger partial charge in [-0.1, -0.05) is 17.7 Å². The minimum atomic E-state index is 0.390. The molecule has 0 spiro atoms. The van der Waals surface area contributed by atoms with Gasteiger partial charge >= 0.3 is 0 Å². The van der Waals surface area contributed by atoms with Crippen molar-refractivity contribution in [1.29, 1.82) is 5.26 Å². The van der Waals surface area contributed by atoms with E-state index in [1.807, 2.05) is 37.3 Å². The van der Waals surface area contributed by atoms with E-state index < -0.39 is 0 Å². The maximum absolute atomic E-state index is 8.76. The Morgan fingerprint density at radius 1 is 1.29 bits per heavy atom. The zero-order chi connectivity index (χ0) is 12.3. The summed E-state index contributed by atoms with van der Waals surface area (Å²) < 4.78 is 0. The fourth-order valence-corrected chi connectivity index (χ4v) is 1.70. The van der Waals surface area contributed by atoms with Gasteiger partial charge in [-0.25, -0.2) is 4.98 Å². The number of nitrogens with zero attached hydrogens (tertiary/aromatic N) is 2. The summed E-state index contributed by atoms with van der Waals surface area (Å²) in [6.07, 6.45) is 0. The van der Waals surface area contributed by atoms with Crippen molar-refractivity contribution in [3.05, 3.63) is 52.7 Å². The molecule has 0 radical (unpaired) electrons. The normalized spacial score (nSPS) is 9.71. The van der Waals surface area contributed by atoms with E-state index in [1.165, 1.54) is 0 Å². The number of rotatable bonds is 2. The van der Waals surface area contributed by atoms with Crippen LogP contribution in [0.25, 0.3) is 0 Å². The summed E-state index contributed by atoms with van der Waals surface area (Å²) in [5.41, 5.74) is 2.35. The molecular weight excluding hydrogens is 234 g/mol.